The lowest BCUT2D eigenvalue weighted by atomic mass is 9.84. The van der Waals surface area contributed by atoms with Gasteiger partial charge in [-0.25, -0.2) is 4.79 Å². The van der Waals surface area contributed by atoms with Crippen molar-refractivity contribution in [3.05, 3.63) is 28.1 Å². The SMILES string of the molecule is CCCCC(CC)CN(CC(CC)CCCC)c1cc(NC(C)=O)c(N=Nc2sc(C(=O)OCC)c(C(C)(C)C)c2C#N)cc1OC. The highest BCUT2D eigenvalue weighted by Crippen LogP contribution is 2.45. The Bertz CT molecular complexity index is 1370. The number of methoxy groups -OCH3 is 1. The lowest BCUT2D eigenvalue weighted by Gasteiger charge is -2.34. The van der Waals surface area contributed by atoms with E-state index < -0.39 is 11.4 Å². The Hall–Kier alpha value is -3.45. The summed E-state index contributed by atoms with van der Waals surface area (Å²) >= 11 is 1.09. The number of unbranched alkanes of at least 4 members (excludes halogenated alkanes) is 2. The van der Waals surface area contributed by atoms with Crippen molar-refractivity contribution in [2.24, 2.45) is 22.1 Å². The Balaban J connectivity index is 2.73. The number of nitriles is 1. The molecule has 0 fully saturated rings. The predicted octanol–water partition coefficient (Wildman–Crippen LogP) is 10.7. The summed E-state index contributed by atoms with van der Waals surface area (Å²) in [6.07, 6.45) is 9.20. The molecule has 0 bridgehead atoms. The van der Waals surface area contributed by atoms with Gasteiger partial charge in [-0.05, 0) is 43.1 Å². The smallest absolute Gasteiger partial charge is 0.348 e. The van der Waals surface area contributed by atoms with Gasteiger partial charge >= 0.3 is 5.97 Å². The third-order valence-electron chi connectivity index (χ3n) is 8.45. The van der Waals surface area contributed by atoms with Crippen molar-refractivity contribution in [3.63, 3.8) is 0 Å². The molecule has 0 saturated carbocycles. The standard InChI is InChI=1S/C37H57N5O4S/c1-11-16-18-26(13-3)23-42(24-27(14-4)19-17-12-2)31-20-29(39-25(6)43)30(21-32(31)45-10)40-41-35-28(22-38)33(37(7,8)9)34(47-35)36(44)46-15-5/h20-21,26-27H,11-19,23-24H2,1-10H3,(H,39,43). The van der Waals surface area contributed by atoms with Crippen LogP contribution in [0.1, 0.15) is 134 Å². The Kier molecular flexibility index (Phi) is 16.4. The van der Waals surface area contributed by atoms with Gasteiger partial charge in [0.15, 0.2) is 5.00 Å². The van der Waals surface area contributed by atoms with Gasteiger partial charge in [0.25, 0.3) is 0 Å². The largest absolute Gasteiger partial charge is 0.494 e. The summed E-state index contributed by atoms with van der Waals surface area (Å²) in [7, 11) is 1.65. The monoisotopic (exact) mass is 667 g/mol. The molecule has 1 heterocycles. The molecule has 0 spiro atoms. The van der Waals surface area contributed by atoms with Crippen LogP contribution in [0.4, 0.5) is 22.1 Å². The molecule has 1 amide bonds. The Labute approximate surface area is 287 Å². The molecule has 1 aromatic carbocycles. The number of ether oxygens (including phenoxy) is 2. The Morgan fingerprint density at radius 2 is 1.60 bits per heavy atom. The Morgan fingerprint density at radius 3 is 2.04 bits per heavy atom. The molecule has 1 aromatic heterocycles. The van der Waals surface area contributed by atoms with Crippen LogP contribution >= 0.6 is 11.3 Å². The normalized spacial score (nSPS) is 12.9. The molecule has 260 valence electrons. The molecule has 0 saturated heterocycles. The number of anilines is 2. The van der Waals surface area contributed by atoms with Crippen LogP contribution in [0.2, 0.25) is 0 Å². The van der Waals surface area contributed by atoms with E-state index in [-0.39, 0.29) is 12.5 Å². The number of thiophene rings is 1. The molecule has 2 atom stereocenters. The number of esters is 1. The van der Waals surface area contributed by atoms with Gasteiger partial charge in [-0.1, -0.05) is 87.0 Å². The van der Waals surface area contributed by atoms with E-state index in [0.29, 0.717) is 50.0 Å². The van der Waals surface area contributed by atoms with Crippen molar-refractivity contribution < 1.29 is 19.1 Å². The van der Waals surface area contributed by atoms with E-state index in [1.807, 2.05) is 26.8 Å². The van der Waals surface area contributed by atoms with Crippen molar-refractivity contribution in [1.82, 2.24) is 0 Å². The van der Waals surface area contributed by atoms with Gasteiger partial charge in [0.2, 0.25) is 5.91 Å². The molecule has 2 aromatic rings. The second-order valence-electron chi connectivity index (χ2n) is 13.2. The molecule has 0 aliphatic heterocycles. The zero-order valence-corrected chi connectivity index (χ0v) is 31.2. The summed E-state index contributed by atoms with van der Waals surface area (Å²) in [5.74, 6) is 0.972. The van der Waals surface area contributed by atoms with Crippen LogP contribution in [0.25, 0.3) is 0 Å². The minimum Gasteiger partial charge on any atom is -0.494 e. The van der Waals surface area contributed by atoms with Crippen LogP contribution < -0.4 is 15.0 Å². The van der Waals surface area contributed by atoms with Gasteiger partial charge < -0.3 is 19.7 Å². The molecule has 9 nitrogen and oxygen atoms in total. The minimum atomic E-state index is -0.506. The predicted molar refractivity (Wildman–Crippen MR) is 194 cm³/mol. The van der Waals surface area contributed by atoms with Gasteiger partial charge in [0.05, 0.1) is 30.7 Å². The quantitative estimate of drug-likeness (QED) is 0.118. The number of azo groups is 1. The van der Waals surface area contributed by atoms with Crippen LogP contribution in [0.3, 0.4) is 0 Å². The van der Waals surface area contributed by atoms with Crippen LogP contribution in [-0.4, -0.2) is 38.7 Å². The van der Waals surface area contributed by atoms with Crippen molar-refractivity contribution in [3.8, 4) is 11.8 Å². The zero-order chi connectivity index (χ0) is 35.1. The number of hydrogen-bond donors (Lipinski definition) is 1. The molecule has 2 unspecified atom stereocenters. The topological polar surface area (TPSA) is 116 Å². The summed E-state index contributed by atoms with van der Waals surface area (Å²) in [4.78, 5) is 28.1. The molecule has 0 aliphatic carbocycles. The third-order valence-corrected chi connectivity index (χ3v) is 9.51. The van der Waals surface area contributed by atoms with Crippen LogP contribution in [0.15, 0.2) is 22.4 Å². The summed E-state index contributed by atoms with van der Waals surface area (Å²) in [6, 6.07) is 5.98. The van der Waals surface area contributed by atoms with Gasteiger partial charge in [-0.3, -0.25) is 4.79 Å². The molecular weight excluding hydrogens is 611 g/mol. The van der Waals surface area contributed by atoms with Crippen LogP contribution in [0, 0.1) is 23.2 Å². The highest BCUT2D eigenvalue weighted by Gasteiger charge is 2.32. The molecule has 0 aliphatic rings. The number of amides is 1. The minimum absolute atomic E-state index is 0.220. The average Bonchev–Trinajstić information content (AvgIpc) is 3.42. The molecule has 1 N–H and O–H groups in total. The van der Waals surface area contributed by atoms with Crippen molar-refractivity contribution >= 4 is 45.3 Å². The summed E-state index contributed by atoms with van der Waals surface area (Å²) in [5.41, 5.74) is 2.18. The van der Waals surface area contributed by atoms with E-state index >= 15 is 0 Å². The molecule has 0 radical (unpaired) electrons. The molecule has 2 rings (SSSR count). The average molecular weight is 668 g/mol. The van der Waals surface area contributed by atoms with E-state index in [0.717, 1.165) is 68.6 Å². The first-order chi connectivity index (χ1) is 22.4. The maximum atomic E-state index is 12.9. The molecular formula is C37H57N5O4S. The summed E-state index contributed by atoms with van der Waals surface area (Å²) < 4.78 is 11.3. The number of nitrogens with zero attached hydrogens (tertiary/aromatic N) is 4. The first-order valence-corrected chi connectivity index (χ1v) is 18.1. The van der Waals surface area contributed by atoms with Crippen molar-refractivity contribution in [1.29, 1.82) is 5.26 Å². The van der Waals surface area contributed by atoms with Crippen molar-refractivity contribution in [2.75, 3.05) is 37.0 Å². The first kappa shape index (κ1) is 39.7. The fraction of sp³-hybridized carbons (Fsp3) is 0.649. The number of benzene rings is 1. The van der Waals surface area contributed by atoms with Gasteiger partial charge in [0, 0.05) is 31.6 Å². The third kappa shape index (κ3) is 11.3. The lowest BCUT2D eigenvalue weighted by molar-refractivity contribution is -0.114. The Morgan fingerprint density at radius 1 is 1.00 bits per heavy atom. The van der Waals surface area contributed by atoms with Crippen molar-refractivity contribution in [2.45, 2.75) is 119 Å². The van der Waals surface area contributed by atoms with Crippen LogP contribution in [0.5, 0.6) is 5.75 Å². The maximum Gasteiger partial charge on any atom is 0.348 e. The maximum absolute atomic E-state index is 12.9. The van der Waals surface area contributed by atoms with E-state index in [1.54, 1.807) is 20.1 Å². The number of nitrogens with one attached hydrogen (secondary N) is 1. The second kappa shape index (κ2) is 19.4. The van der Waals surface area contributed by atoms with Crippen LogP contribution in [-0.2, 0) is 14.9 Å². The first-order valence-electron chi connectivity index (χ1n) is 17.3. The summed E-state index contributed by atoms with van der Waals surface area (Å²) in [5, 5.41) is 22.4. The van der Waals surface area contributed by atoms with E-state index in [9.17, 15) is 14.9 Å². The number of rotatable bonds is 19. The summed E-state index contributed by atoms with van der Waals surface area (Å²) in [6.45, 7) is 20.0. The van der Waals surface area contributed by atoms with Gasteiger partial charge in [-0.2, -0.15) is 5.26 Å². The highest BCUT2D eigenvalue weighted by atomic mass is 32.1. The van der Waals surface area contributed by atoms with Gasteiger partial charge in [-0.15, -0.1) is 21.6 Å². The molecule has 10 heteroatoms. The highest BCUT2D eigenvalue weighted by molar-refractivity contribution is 7.18. The van der Waals surface area contributed by atoms with Gasteiger partial charge in [0.1, 0.15) is 22.4 Å². The molecule has 47 heavy (non-hydrogen) atoms. The number of hydrogen-bond acceptors (Lipinski definition) is 9. The number of carbonyl (C=O) groups excluding carboxylic acids is 2. The fourth-order valence-electron chi connectivity index (χ4n) is 5.82. The number of carbonyl (C=O) groups is 2. The lowest BCUT2D eigenvalue weighted by Crippen LogP contribution is -2.34. The zero-order valence-electron chi connectivity index (χ0n) is 30.4. The second-order valence-corrected chi connectivity index (χ2v) is 14.2. The fourth-order valence-corrected chi connectivity index (χ4v) is 7.00. The van der Waals surface area contributed by atoms with E-state index in [1.165, 1.54) is 19.8 Å². The van der Waals surface area contributed by atoms with E-state index in [2.05, 4.69) is 54.2 Å². The van der Waals surface area contributed by atoms with E-state index in [4.69, 9.17) is 9.47 Å².